The van der Waals surface area contributed by atoms with Crippen LogP contribution in [0.5, 0.6) is 0 Å². The minimum absolute atomic E-state index is 0.0201. The largest absolute Gasteiger partial charge is 0.416 e. The number of carbonyl (C=O) groups excluding carboxylic acids is 2. The standard InChI is InChI=1S/C26H31F3N2O3.C25H28F6N2O3/c1-17-12-19(14-21(13-17)26(27,28)29)18(2)34-16-24(20-6-4-3-5-7-20)10-11-25(33,15-30-24)23(32)31-22-8-9-22;1-16-10-18(12-20(11-16)25(29,30)31)17(2)36-15-22(19-6-4-3-5-7-19)8-9-23(35,13-33-22)21(34)32-14-24(26,27)28/h3-7,12-14,18,22,30,33H,8-11,15-16H2,1-2H3,(H,31,32);3-7,10-12,17,33,35H,8-9,13-15H2,1-2H3,(H,32,34)/t18-,24-,25?;17-,22-,23?/m11/s1. The van der Waals surface area contributed by atoms with Crippen LogP contribution in [0.2, 0.25) is 0 Å². The molecule has 2 amide bonds. The van der Waals surface area contributed by atoms with Crippen molar-refractivity contribution in [1.29, 1.82) is 0 Å². The van der Waals surface area contributed by atoms with Crippen LogP contribution in [0.4, 0.5) is 39.5 Å². The molecule has 6 atom stereocenters. The second kappa shape index (κ2) is 21.3. The Labute approximate surface area is 400 Å². The Morgan fingerprint density at radius 3 is 1.37 bits per heavy atom. The Bertz CT molecular complexity index is 2400. The van der Waals surface area contributed by atoms with Crippen LogP contribution in [0.25, 0.3) is 0 Å². The van der Waals surface area contributed by atoms with Gasteiger partial charge in [0.25, 0.3) is 11.8 Å². The summed E-state index contributed by atoms with van der Waals surface area (Å²) in [5, 5.41) is 32.7. The van der Waals surface area contributed by atoms with Gasteiger partial charge in [0.15, 0.2) is 11.2 Å². The molecule has 70 heavy (non-hydrogen) atoms. The molecule has 7 rings (SSSR count). The average Bonchev–Trinajstić information content (AvgIpc) is 4.14. The smallest absolute Gasteiger partial charge is 0.379 e. The quantitative estimate of drug-likeness (QED) is 0.0688. The van der Waals surface area contributed by atoms with Gasteiger partial charge in [-0.15, -0.1) is 0 Å². The van der Waals surface area contributed by atoms with Crippen LogP contribution < -0.4 is 21.3 Å². The zero-order chi connectivity index (χ0) is 51.3. The lowest BCUT2D eigenvalue weighted by molar-refractivity contribution is -0.154. The van der Waals surface area contributed by atoms with Gasteiger partial charge in [-0.1, -0.05) is 83.9 Å². The molecule has 2 unspecified atom stereocenters. The minimum atomic E-state index is -4.62. The topological polar surface area (TPSA) is 141 Å². The lowest BCUT2D eigenvalue weighted by Gasteiger charge is -2.45. The van der Waals surface area contributed by atoms with Crippen molar-refractivity contribution in [1.82, 2.24) is 21.3 Å². The fourth-order valence-electron chi connectivity index (χ4n) is 8.67. The molecule has 382 valence electrons. The Balaban J connectivity index is 0.000000230. The molecule has 3 aliphatic rings. The maximum Gasteiger partial charge on any atom is 0.416 e. The molecule has 0 bridgehead atoms. The van der Waals surface area contributed by atoms with Gasteiger partial charge < -0.3 is 41.0 Å². The molecule has 1 aliphatic carbocycles. The van der Waals surface area contributed by atoms with E-state index in [2.05, 4.69) is 16.0 Å². The van der Waals surface area contributed by atoms with Crippen LogP contribution in [0.3, 0.4) is 0 Å². The predicted octanol–water partition coefficient (Wildman–Crippen LogP) is 9.16. The summed E-state index contributed by atoms with van der Waals surface area (Å²) in [6, 6.07) is 26.3. The summed E-state index contributed by atoms with van der Waals surface area (Å²) in [7, 11) is 0. The average molecular weight is 995 g/mol. The van der Waals surface area contributed by atoms with Crippen LogP contribution in [0.1, 0.15) is 109 Å². The van der Waals surface area contributed by atoms with Gasteiger partial charge in [-0.05, 0) is 113 Å². The fourth-order valence-corrected chi connectivity index (χ4v) is 8.67. The Morgan fingerprint density at radius 1 is 0.629 bits per heavy atom. The van der Waals surface area contributed by atoms with Crippen molar-refractivity contribution < 1.29 is 68.8 Å². The number of piperidine rings is 2. The van der Waals surface area contributed by atoms with Crippen molar-refractivity contribution >= 4 is 11.8 Å². The maximum atomic E-state index is 13.3. The number of amides is 2. The highest BCUT2D eigenvalue weighted by Gasteiger charge is 2.49. The normalized spacial score (nSPS) is 25.0. The van der Waals surface area contributed by atoms with Crippen molar-refractivity contribution in [3.05, 3.63) is 142 Å². The minimum Gasteiger partial charge on any atom is -0.379 e. The first kappa shape index (κ1) is 54.3. The third kappa shape index (κ3) is 13.9. The predicted molar refractivity (Wildman–Crippen MR) is 242 cm³/mol. The molecule has 0 radical (unpaired) electrons. The van der Waals surface area contributed by atoms with Gasteiger partial charge in [0.1, 0.15) is 6.54 Å². The summed E-state index contributed by atoms with van der Waals surface area (Å²) in [4.78, 5) is 24.9. The number of hydrogen-bond acceptors (Lipinski definition) is 8. The number of nitrogens with one attached hydrogen (secondary N) is 4. The number of benzene rings is 4. The van der Waals surface area contributed by atoms with Gasteiger partial charge in [0.05, 0.1) is 47.6 Å². The second-order valence-corrected chi connectivity index (χ2v) is 18.9. The number of halogens is 9. The molecule has 10 nitrogen and oxygen atoms in total. The first-order valence-electron chi connectivity index (χ1n) is 23.0. The van der Waals surface area contributed by atoms with Crippen LogP contribution in [0.15, 0.2) is 97.1 Å². The van der Waals surface area contributed by atoms with E-state index < -0.39 is 76.6 Å². The summed E-state index contributed by atoms with van der Waals surface area (Å²) in [5.74, 6) is -1.50. The van der Waals surface area contributed by atoms with Gasteiger partial charge in [-0.2, -0.15) is 39.5 Å². The zero-order valence-electron chi connectivity index (χ0n) is 39.2. The third-order valence-electron chi connectivity index (χ3n) is 13.2. The molecule has 0 aromatic heterocycles. The van der Waals surface area contributed by atoms with E-state index >= 15 is 0 Å². The second-order valence-electron chi connectivity index (χ2n) is 18.9. The van der Waals surface area contributed by atoms with E-state index in [-0.39, 0.29) is 57.5 Å². The van der Waals surface area contributed by atoms with Crippen molar-refractivity contribution in [2.75, 3.05) is 32.8 Å². The van der Waals surface area contributed by atoms with E-state index in [9.17, 15) is 59.3 Å². The highest BCUT2D eigenvalue weighted by Crippen LogP contribution is 2.40. The Hall–Kier alpha value is -5.05. The number of β-amino-alcohol motifs (C(OH)–C–C–N with tert-alkyl or cyclic N) is 2. The van der Waals surface area contributed by atoms with Gasteiger partial charge >= 0.3 is 18.5 Å². The number of rotatable bonds is 14. The number of carbonyl (C=O) groups is 2. The summed E-state index contributed by atoms with van der Waals surface area (Å²) < 4.78 is 129. The van der Waals surface area contributed by atoms with Crippen molar-refractivity contribution in [3.63, 3.8) is 0 Å². The molecule has 1 saturated carbocycles. The number of aryl methyl sites for hydroxylation is 2. The lowest BCUT2D eigenvalue weighted by atomic mass is 9.77. The number of hydrogen-bond donors (Lipinski definition) is 6. The molecule has 4 aromatic rings. The van der Waals surface area contributed by atoms with E-state index in [0.717, 1.165) is 48.2 Å². The van der Waals surface area contributed by atoms with E-state index in [1.165, 1.54) is 0 Å². The molecule has 19 heteroatoms. The highest BCUT2D eigenvalue weighted by molar-refractivity contribution is 5.86. The summed E-state index contributed by atoms with van der Waals surface area (Å²) in [6.07, 6.45) is -12.3. The first-order valence-corrected chi connectivity index (χ1v) is 23.0. The maximum absolute atomic E-state index is 13.3. The van der Waals surface area contributed by atoms with Crippen LogP contribution in [0, 0.1) is 13.8 Å². The van der Waals surface area contributed by atoms with Crippen LogP contribution in [-0.2, 0) is 42.5 Å². The van der Waals surface area contributed by atoms with E-state index in [1.54, 1.807) is 75.5 Å². The molecule has 0 spiro atoms. The summed E-state index contributed by atoms with van der Waals surface area (Å²) >= 11 is 0. The van der Waals surface area contributed by atoms with Gasteiger partial charge in [-0.25, -0.2) is 0 Å². The summed E-state index contributed by atoms with van der Waals surface area (Å²) in [6.45, 7) is 4.86. The molecular formula is C51H59F9N4O6. The van der Waals surface area contributed by atoms with E-state index in [0.29, 0.717) is 28.7 Å². The zero-order valence-corrected chi connectivity index (χ0v) is 39.2. The van der Waals surface area contributed by atoms with Gasteiger partial charge in [0.2, 0.25) is 0 Å². The monoisotopic (exact) mass is 994 g/mol. The van der Waals surface area contributed by atoms with Gasteiger partial charge in [0, 0.05) is 19.1 Å². The number of alkyl halides is 9. The highest BCUT2D eigenvalue weighted by atomic mass is 19.4. The Kier molecular flexibility index (Phi) is 16.6. The third-order valence-corrected chi connectivity index (χ3v) is 13.2. The van der Waals surface area contributed by atoms with Crippen LogP contribution >= 0.6 is 0 Å². The van der Waals surface area contributed by atoms with Crippen molar-refractivity contribution in [2.45, 2.75) is 125 Å². The van der Waals surface area contributed by atoms with Crippen molar-refractivity contribution in [3.8, 4) is 0 Å². The van der Waals surface area contributed by atoms with Gasteiger partial charge in [-0.3, -0.25) is 9.59 Å². The lowest BCUT2D eigenvalue weighted by Crippen LogP contribution is -2.63. The molecule has 3 fully saturated rings. The number of aliphatic hydroxyl groups is 2. The van der Waals surface area contributed by atoms with E-state index in [1.807, 2.05) is 30.3 Å². The Morgan fingerprint density at radius 2 is 1.03 bits per heavy atom. The summed E-state index contributed by atoms with van der Waals surface area (Å²) in [5.41, 5.74) is -3.24. The SMILES string of the molecule is Cc1cc([C@@H](C)OC[C@@]2(c3ccccc3)CCC(O)(C(=O)NC3CC3)CN2)cc(C(F)(F)F)c1.Cc1cc([C@@H](C)OC[C@@]2(c3ccccc3)CCC(O)(C(=O)NCC(F)(F)F)CN2)cc(C(F)(F)F)c1. The molecule has 2 aliphatic heterocycles. The molecule has 6 N–H and O–H groups in total. The van der Waals surface area contributed by atoms with Crippen molar-refractivity contribution in [2.24, 2.45) is 0 Å². The fraction of sp³-hybridized carbons (Fsp3) is 0.490. The van der Waals surface area contributed by atoms with Crippen LogP contribution in [-0.4, -0.2) is 78.3 Å². The molecule has 4 aromatic carbocycles. The first-order chi connectivity index (χ1) is 32.6. The molecular weight excluding hydrogens is 936 g/mol. The van der Waals surface area contributed by atoms with E-state index in [4.69, 9.17) is 9.47 Å². The number of ether oxygens (including phenoxy) is 2. The molecule has 2 heterocycles. The molecule has 2 saturated heterocycles.